The van der Waals surface area contributed by atoms with Gasteiger partial charge in [-0.25, -0.2) is 0 Å². The number of hydrogen-bond donors (Lipinski definition) is 2. The Labute approximate surface area is 109 Å². The second kappa shape index (κ2) is 7.71. The predicted octanol–water partition coefficient (Wildman–Crippen LogP) is 2.26. The van der Waals surface area contributed by atoms with Gasteiger partial charge in [0.25, 0.3) is 0 Å². The summed E-state index contributed by atoms with van der Waals surface area (Å²) in [5.74, 6) is 0.261. The molecule has 1 rings (SSSR count). The van der Waals surface area contributed by atoms with Crippen molar-refractivity contribution < 1.29 is 9.53 Å². The van der Waals surface area contributed by atoms with Gasteiger partial charge in [0.2, 0.25) is 5.91 Å². The molecule has 100 valence electrons. The molecule has 0 radical (unpaired) electrons. The third-order valence-corrected chi connectivity index (χ3v) is 2.56. The number of rotatable bonds is 8. The summed E-state index contributed by atoms with van der Waals surface area (Å²) < 4.78 is 5.49. The van der Waals surface area contributed by atoms with E-state index in [1.54, 1.807) is 12.1 Å². The first-order chi connectivity index (χ1) is 8.59. The minimum Gasteiger partial charge on any atom is -0.383 e. The van der Waals surface area contributed by atoms with E-state index >= 15 is 0 Å². The van der Waals surface area contributed by atoms with E-state index in [4.69, 9.17) is 10.5 Å². The van der Waals surface area contributed by atoms with Crippen LogP contribution >= 0.6 is 0 Å². The van der Waals surface area contributed by atoms with Crippen LogP contribution in [0.1, 0.15) is 30.6 Å². The molecular formula is C14H22N2O2. The van der Waals surface area contributed by atoms with Gasteiger partial charge < -0.3 is 15.8 Å². The van der Waals surface area contributed by atoms with Crippen LogP contribution in [-0.4, -0.2) is 25.7 Å². The average molecular weight is 250 g/mol. The van der Waals surface area contributed by atoms with Crippen LogP contribution in [0.25, 0.3) is 0 Å². The third-order valence-electron chi connectivity index (χ3n) is 2.56. The lowest BCUT2D eigenvalue weighted by Gasteiger charge is -2.09. The highest BCUT2D eigenvalue weighted by molar-refractivity contribution is 5.93. The molecule has 0 spiro atoms. The maximum Gasteiger partial charge on any atom is 0.248 e. The largest absolute Gasteiger partial charge is 0.383 e. The van der Waals surface area contributed by atoms with Crippen molar-refractivity contribution in [1.82, 2.24) is 0 Å². The molecule has 1 amide bonds. The molecule has 18 heavy (non-hydrogen) atoms. The Morgan fingerprint density at radius 2 is 2.17 bits per heavy atom. The van der Waals surface area contributed by atoms with Gasteiger partial charge in [0.15, 0.2) is 0 Å². The molecule has 1 aromatic rings. The first kappa shape index (κ1) is 14.5. The van der Waals surface area contributed by atoms with Gasteiger partial charge in [0, 0.05) is 24.4 Å². The highest BCUT2D eigenvalue weighted by Gasteiger charge is 2.00. The van der Waals surface area contributed by atoms with Gasteiger partial charge in [-0.3, -0.25) is 4.79 Å². The summed E-state index contributed by atoms with van der Waals surface area (Å²) in [6.07, 6.45) is 1.08. The summed E-state index contributed by atoms with van der Waals surface area (Å²) in [6, 6.07) is 7.16. The van der Waals surface area contributed by atoms with Gasteiger partial charge in [-0.05, 0) is 30.5 Å². The second-order valence-electron chi connectivity index (χ2n) is 4.67. The van der Waals surface area contributed by atoms with Crippen LogP contribution in [0, 0.1) is 5.92 Å². The normalized spacial score (nSPS) is 10.6. The number of ether oxygens (including phenoxy) is 1. The minimum absolute atomic E-state index is 0.410. The summed E-state index contributed by atoms with van der Waals surface area (Å²) in [5.41, 5.74) is 6.62. The zero-order chi connectivity index (χ0) is 13.4. The zero-order valence-corrected chi connectivity index (χ0v) is 11.1. The first-order valence-corrected chi connectivity index (χ1v) is 6.31. The van der Waals surface area contributed by atoms with Crippen LogP contribution in [0.2, 0.25) is 0 Å². The standard InChI is InChI=1S/C14H22N2O2/c1-11(2)6-8-18-9-7-16-13-5-3-4-12(10-13)14(15)17/h3-5,10-11,16H,6-9H2,1-2H3,(H2,15,17). The van der Waals surface area contributed by atoms with E-state index in [0.29, 0.717) is 18.1 Å². The summed E-state index contributed by atoms with van der Waals surface area (Å²) in [6.45, 7) is 6.53. The lowest BCUT2D eigenvalue weighted by Crippen LogP contribution is -2.13. The van der Waals surface area contributed by atoms with E-state index in [0.717, 1.165) is 25.3 Å². The monoisotopic (exact) mass is 250 g/mol. The number of carbonyl (C=O) groups is 1. The third kappa shape index (κ3) is 5.68. The van der Waals surface area contributed by atoms with Crippen LogP contribution in [0.4, 0.5) is 5.69 Å². The molecule has 0 unspecified atom stereocenters. The van der Waals surface area contributed by atoms with Crippen molar-refractivity contribution in [2.24, 2.45) is 11.7 Å². The van der Waals surface area contributed by atoms with Gasteiger partial charge >= 0.3 is 0 Å². The van der Waals surface area contributed by atoms with Gasteiger partial charge in [0.05, 0.1) is 6.61 Å². The maximum atomic E-state index is 11.0. The molecule has 0 atom stereocenters. The topological polar surface area (TPSA) is 64.3 Å². The summed E-state index contributed by atoms with van der Waals surface area (Å²) in [7, 11) is 0. The first-order valence-electron chi connectivity index (χ1n) is 6.31. The van der Waals surface area contributed by atoms with Gasteiger partial charge in [0.1, 0.15) is 0 Å². The molecule has 0 heterocycles. The van der Waals surface area contributed by atoms with Crippen LogP contribution in [0.3, 0.4) is 0 Å². The number of hydrogen-bond acceptors (Lipinski definition) is 3. The number of nitrogens with one attached hydrogen (secondary N) is 1. The van der Waals surface area contributed by atoms with Crippen molar-refractivity contribution in [3.05, 3.63) is 29.8 Å². The van der Waals surface area contributed by atoms with Crippen molar-refractivity contribution in [2.45, 2.75) is 20.3 Å². The number of carbonyl (C=O) groups excluding carboxylic acids is 1. The van der Waals surface area contributed by atoms with E-state index in [9.17, 15) is 4.79 Å². The number of benzene rings is 1. The van der Waals surface area contributed by atoms with Crippen molar-refractivity contribution in [2.75, 3.05) is 25.1 Å². The molecule has 0 saturated heterocycles. The van der Waals surface area contributed by atoms with Crippen LogP contribution < -0.4 is 11.1 Å². The average Bonchev–Trinajstić information content (AvgIpc) is 2.33. The highest BCUT2D eigenvalue weighted by atomic mass is 16.5. The molecule has 4 heteroatoms. The van der Waals surface area contributed by atoms with Gasteiger partial charge in [-0.2, -0.15) is 0 Å². The van der Waals surface area contributed by atoms with E-state index in [2.05, 4.69) is 19.2 Å². The van der Waals surface area contributed by atoms with Crippen molar-refractivity contribution in [3.63, 3.8) is 0 Å². The molecule has 0 aliphatic carbocycles. The highest BCUT2D eigenvalue weighted by Crippen LogP contribution is 2.09. The fourth-order valence-corrected chi connectivity index (χ4v) is 1.47. The molecule has 1 aromatic carbocycles. The molecule has 0 aromatic heterocycles. The van der Waals surface area contributed by atoms with Gasteiger partial charge in [-0.15, -0.1) is 0 Å². The van der Waals surface area contributed by atoms with Crippen LogP contribution in [-0.2, 0) is 4.74 Å². The number of nitrogens with two attached hydrogens (primary N) is 1. The minimum atomic E-state index is -0.410. The van der Waals surface area contributed by atoms with Crippen LogP contribution in [0.5, 0.6) is 0 Å². The van der Waals surface area contributed by atoms with Crippen molar-refractivity contribution in [1.29, 1.82) is 0 Å². The molecule has 4 nitrogen and oxygen atoms in total. The quantitative estimate of drug-likeness (QED) is 0.696. The van der Waals surface area contributed by atoms with E-state index in [1.165, 1.54) is 0 Å². The molecule has 0 saturated carbocycles. The Hall–Kier alpha value is -1.55. The Bertz CT molecular complexity index is 378. The van der Waals surface area contributed by atoms with Gasteiger partial charge in [-0.1, -0.05) is 19.9 Å². The summed E-state index contributed by atoms with van der Waals surface area (Å²) in [5, 5.41) is 3.20. The second-order valence-corrected chi connectivity index (χ2v) is 4.67. The molecule has 0 aliphatic rings. The predicted molar refractivity (Wildman–Crippen MR) is 73.7 cm³/mol. The summed E-state index contributed by atoms with van der Waals surface area (Å²) in [4.78, 5) is 11.0. The number of anilines is 1. The fraction of sp³-hybridized carbons (Fsp3) is 0.500. The number of amides is 1. The Balaban J connectivity index is 2.23. The lowest BCUT2D eigenvalue weighted by atomic mass is 10.1. The van der Waals surface area contributed by atoms with E-state index in [1.807, 2.05) is 12.1 Å². The zero-order valence-electron chi connectivity index (χ0n) is 11.1. The summed E-state index contributed by atoms with van der Waals surface area (Å²) >= 11 is 0. The molecule has 0 aliphatic heterocycles. The fourth-order valence-electron chi connectivity index (χ4n) is 1.47. The van der Waals surface area contributed by atoms with Crippen molar-refractivity contribution in [3.8, 4) is 0 Å². The molecule has 0 bridgehead atoms. The molecule has 0 fully saturated rings. The van der Waals surface area contributed by atoms with E-state index < -0.39 is 5.91 Å². The van der Waals surface area contributed by atoms with Crippen molar-refractivity contribution >= 4 is 11.6 Å². The number of primary amides is 1. The Kier molecular flexibility index (Phi) is 6.22. The smallest absolute Gasteiger partial charge is 0.248 e. The molecular weight excluding hydrogens is 228 g/mol. The van der Waals surface area contributed by atoms with Crippen LogP contribution in [0.15, 0.2) is 24.3 Å². The molecule has 3 N–H and O–H groups in total. The Morgan fingerprint density at radius 3 is 2.83 bits per heavy atom. The van der Waals surface area contributed by atoms with E-state index in [-0.39, 0.29) is 0 Å². The Morgan fingerprint density at radius 1 is 1.39 bits per heavy atom. The maximum absolute atomic E-state index is 11.0. The lowest BCUT2D eigenvalue weighted by molar-refractivity contribution is 0.100. The SMILES string of the molecule is CC(C)CCOCCNc1cccc(C(N)=O)c1.